The molecule has 55 valence electrons. The Bertz CT molecular complexity index is 59.6. The molecule has 1 heteroatoms. The minimum Gasteiger partial charge on any atom is -0.396 e. The number of aliphatic hydroxyl groups is 1. The average Bonchev–Trinajstić information content (AvgIpc) is 1.82. The highest BCUT2D eigenvalue weighted by molar-refractivity contribution is 4.91. The molecule has 0 aromatic heterocycles. The van der Waals surface area contributed by atoms with Gasteiger partial charge in [0.25, 0.3) is 0 Å². The Kier molecular flexibility index (Phi) is 4.78. The van der Waals surface area contributed by atoms with Crippen molar-refractivity contribution in [2.45, 2.75) is 33.6 Å². The van der Waals surface area contributed by atoms with Crippen molar-refractivity contribution >= 4 is 0 Å². The maximum Gasteiger partial charge on any atom is 0.0496 e. The molecule has 0 rings (SSSR count). The van der Waals surface area contributed by atoms with E-state index in [0.29, 0.717) is 5.92 Å². The monoisotopic (exact) mass is 129 g/mol. The summed E-state index contributed by atoms with van der Waals surface area (Å²) in [5, 5.41) is 8.79. The van der Waals surface area contributed by atoms with E-state index in [4.69, 9.17) is 5.11 Å². The molecule has 0 aliphatic rings. The standard InChI is InChI=1S/C8H17O/c1-4-5-8(6-9)7(2)3/h7,9H,4-6H2,1-3H3. The van der Waals surface area contributed by atoms with E-state index in [-0.39, 0.29) is 6.61 Å². The number of hydrogen-bond acceptors (Lipinski definition) is 1. The van der Waals surface area contributed by atoms with Gasteiger partial charge in [-0.1, -0.05) is 27.2 Å². The summed E-state index contributed by atoms with van der Waals surface area (Å²) in [4.78, 5) is 0. The lowest BCUT2D eigenvalue weighted by atomic mass is 9.92. The molecule has 0 heterocycles. The number of aliphatic hydroxyl groups excluding tert-OH is 1. The zero-order valence-corrected chi connectivity index (χ0v) is 6.65. The molecule has 0 amide bonds. The molecule has 0 aliphatic heterocycles. The van der Waals surface area contributed by atoms with Crippen LogP contribution < -0.4 is 0 Å². The van der Waals surface area contributed by atoms with Crippen molar-refractivity contribution in [3.63, 3.8) is 0 Å². The first kappa shape index (κ1) is 8.96. The van der Waals surface area contributed by atoms with Gasteiger partial charge in [-0.25, -0.2) is 0 Å². The minimum atomic E-state index is 0.269. The molecular weight excluding hydrogens is 112 g/mol. The molecule has 9 heavy (non-hydrogen) atoms. The maximum atomic E-state index is 8.79. The second-order valence-corrected chi connectivity index (χ2v) is 2.72. The Morgan fingerprint density at radius 2 is 2.00 bits per heavy atom. The van der Waals surface area contributed by atoms with Crippen molar-refractivity contribution < 1.29 is 5.11 Å². The third-order valence-electron chi connectivity index (χ3n) is 1.59. The molecule has 0 aromatic rings. The van der Waals surface area contributed by atoms with Crippen LogP contribution in [0, 0.1) is 11.8 Å². The molecule has 0 aromatic carbocycles. The summed E-state index contributed by atoms with van der Waals surface area (Å²) >= 11 is 0. The van der Waals surface area contributed by atoms with Crippen LogP contribution in [0.4, 0.5) is 0 Å². The van der Waals surface area contributed by atoms with Gasteiger partial charge < -0.3 is 5.11 Å². The Balaban J connectivity index is 3.41. The average molecular weight is 129 g/mol. The summed E-state index contributed by atoms with van der Waals surface area (Å²) < 4.78 is 0. The van der Waals surface area contributed by atoms with Crippen LogP contribution in [0.3, 0.4) is 0 Å². The van der Waals surface area contributed by atoms with Crippen LogP contribution >= 0.6 is 0 Å². The van der Waals surface area contributed by atoms with Crippen molar-refractivity contribution in [2.24, 2.45) is 5.92 Å². The van der Waals surface area contributed by atoms with Gasteiger partial charge in [-0.05, 0) is 12.3 Å². The van der Waals surface area contributed by atoms with Gasteiger partial charge >= 0.3 is 0 Å². The second kappa shape index (κ2) is 4.80. The van der Waals surface area contributed by atoms with Crippen LogP contribution in [0.15, 0.2) is 0 Å². The lowest BCUT2D eigenvalue weighted by Gasteiger charge is -2.15. The first-order chi connectivity index (χ1) is 4.22. The summed E-state index contributed by atoms with van der Waals surface area (Å²) in [6.45, 7) is 6.66. The maximum absolute atomic E-state index is 8.79. The molecule has 0 unspecified atom stereocenters. The van der Waals surface area contributed by atoms with E-state index in [9.17, 15) is 0 Å². The lowest BCUT2D eigenvalue weighted by Crippen LogP contribution is -2.09. The van der Waals surface area contributed by atoms with Crippen molar-refractivity contribution in [3.8, 4) is 0 Å². The van der Waals surface area contributed by atoms with Crippen LogP contribution in [0.1, 0.15) is 33.6 Å². The van der Waals surface area contributed by atoms with Gasteiger partial charge in [-0.3, -0.25) is 0 Å². The van der Waals surface area contributed by atoms with Crippen molar-refractivity contribution in [1.29, 1.82) is 0 Å². The molecule has 0 atom stereocenters. The van der Waals surface area contributed by atoms with Gasteiger partial charge in [0, 0.05) is 12.5 Å². The molecular formula is C8H17O. The van der Waals surface area contributed by atoms with E-state index in [1.165, 1.54) is 5.92 Å². The first-order valence-corrected chi connectivity index (χ1v) is 3.67. The zero-order chi connectivity index (χ0) is 7.28. The highest BCUT2D eigenvalue weighted by Gasteiger charge is 2.10. The molecule has 1 nitrogen and oxygen atoms in total. The molecule has 0 saturated heterocycles. The van der Waals surface area contributed by atoms with E-state index in [0.717, 1.165) is 12.8 Å². The highest BCUT2D eigenvalue weighted by Crippen LogP contribution is 2.17. The zero-order valence-electron chi connectivity index (χ0n) is 6.65. The molecule has 0 saturated carbocycles. The van der Waals surface area contributed by atoms with E-state index in [2.05, 4.69) is 20.8 Å². The predicted molar refractivity (Wildman–Crippen MR) is 40.1 cm³/mol. The van der Waals surface area contributed by atoms with Crippen molar-refractivity contribution in [2.75, 3.05) is 6.61 Å². The van der Waals surface area contributed by atoms with Gasteiger partial charge in [0.1, 0.15) is 0 Å². The number of rotatable bonds is 4. The van der Waals surface area contributed by atoms with E-state index >= 15 is 0 Å². The van der Waals surface area contributed by atoms with Gasteiger partial charge in [0.05, 0.1) is 0 Å². The Morgan fingerprint density at radius 3 is 2.11 bits per heavy atom. The quantitative estimate of drug-likeness (QED) is 0.615. The molecule has 0 spiro atoms. The summed E-state index contributed by atoms with van der Waals surface area (Å²) in [5.74, 6) is 1.83. The predicted octanol–water partition coefficient (Wildman–Crippen LogP) is 2.01. The van der Waals surface area contributed by atoms with Crippen molar-refractivity contribution in [1.82, 2.24) is 0 Å². The van der Waals surface area contributed by atoms with Crippen LogP contribution in [0.5, 0.6) is 0 Å². The number of hydrogen-bond donors (Lipinski definition) is 1. The fraction of sp³-hybridized carbons (Fsp3) is 0.875. The summed E-state index contributed by atoms with van der Waals surface area (Å²) in [6.07, 6.45) is 2.22. The molecule has 0 aliphatic carbocycles. The summed E-state index contributed by atoms with van der Waals surface area (Å²) in [6, 6.07) is 0. The smallest absolute Gasteiger partial charge is 0.0496 e. The second-order valence-electron chi connectivity index (χ2n) is 2.72. The lowest BCUT2D eigenvalue weighted by molar-refractivity contribution is 0.279. The van der Waals surface area contributed by atoms with Crippen LogP contribution in [0.25, 0.3) is 0 Å². The molecule has 1 radical (unpaired) electrons. The van der Waals surface area contributed by atoms with E-state index in [1.54, 1.807) is 0 Å². The first-order valence-electron chi connectivity index (χ1n) is 3.67. The van der Waals surface area contributed by atoms with E-state index < -0.39 is 0 Å². The Morgan fingerprint density at radius 1 is 1.44 bits per heavy atom. The molecule has 0 bridgehead atoms. The van der Waals surface area contributed by atoms with Crippen LogP contribution in [-0.4, -0.2) is 11.7 Å². The van der Waals surface area contributed by atoms with Gasteiger partial charge in [-0.2, -0.15) is 0 Å². The fourth-order valence-corrected chi connectivity index (χ4v) is 0.871. The third-order valence-corrected chi connectivity index (χ3v) is 1.59. The minimum absolute atomic E-state index is 0.269. The largest absolute Gasteiger partial charge is 0.396 e. The van der Waals surface area contributed by atoms with Crippen LogP contribution in [0.2, 0.25) is 0 Å². The van der Waals surface area contributed by atoms with E-state index in [1.807, 2.05) is 0 Å². The fourth-order valence-electron chi connectivity index (χ4n) is 0.871. The summed E-state index contributed by atoms with van der Waals surface area (Å²) in [7, 11) is 0. The van der Waals surface area contributed by atoms with Gasteiger partial charge in [-0.15, -0.1) is 0 Å². The van der Waals surface area contributed by atoms with Gasteiger partial charge in [0.15, 0.2) is 0 Å². The molecule has 0 fully saturated rings. The Labute approximate surface area is 58.1 Å². The SMILES string of the molecule is CCC[C](CO)C(C)C. The molecule has 1 N–H and O–H groups in total. The Hall–Kier alpha value is -0.0400. The van der Waals surface area contributed by atoms with Crippen LogP contribution in [-0.2, 0) is 0 Å². The third kappa shape index (κ3) is 3.52. The topological polar surface area (TPSA) is 20.2 Å². The summed E-state index contributed by atoms with van der Waals surface area (Å²) in [5.41, 5.74) is 0. The van der Waals surface area contributed by atoms with Crippen molar-refractivity contribution in [3.05, 3.63) is 5.92 Å². The highest BCUT2D eigenvalue weighted by atomic mass is 16.3. The van der Waals surface area contributed by atoms with Gasteiger partial charge in [0.2, 0.25) is 0 Å². The normalized spacial score (nSPS) is 11.3.